The van der Waals surface area contributed by atoms with Gasteiger partial charge in [0.25, 0.3) is 0 Å². The third-order valence-corrected chi connectivity index (χ3v) is 4.31. The maximum absolute atomic E-state index is 6.27. The summed E-state index contributed by atoms with van der Waals surface area (Å²) in [5, 5.41) is 6.02. The molecule has 0 saturated carbocycles. The Morgan fingerprint density at radius 3 is 3.39 bits per heavy atom. The number of H-pyrrole nitrogens is 1. The first kappa shape index (κ1) is 10.5. The molecule has 92 valence electrons. The van der Waals surface area contributed by atoms with E-state index in [1.54, 1.807) is 17.7 Å². The summed E-state index contributed by atoms with van der Waals surface area (Å²) in [6.45, 7) is 0.910. The molecule has 1 aliphatic rings. The van der Waals surface area contributed by atoms with Crippen LogP contribution in [-0.2, 0) is 6.42 Å². The van der Waals surface area contributed by atoms with Gasteiger partial charge in [0.15, 0.2) is 10.1 Å². The van der Waals surface area contributed by atoms with Gasteiger partial charge in [-0.25, -0.2) is 9.97 Å². The van der Waals surface area contributed by atoms with E-state index in [1.807, 2.05) is 16.0 Å². The van der Waals surface area contributed by atoms with Gasteiger partial charge in [0.1, 0.15) is 0 Å². The van der Waals surface area contributed by atoms with Crippen LogP contribution in [0.3, 0.4) is 0 Å². The number of hydrogen-bond acceptors (Lipinski definition) is 4. The van der Waals surface area contributed by atoms with E-state index < -0.39 is 0 Å². The minimum Gasteiger partial charge on any atom is -0.348 e. The Bertz CT molecular complexity index is 712. The van der Waals surface area contributed by atoms with Gasteiger partial charge in [-0.15, -0.1) is 11.3 Å². The van der Waals surface area contributed by atoms with Crippen LogP contribution in [0.15, 0.2) is 17.9 Å². The molecular formula is C11H10ClN5S. The van der Waals surface area contributed by atoms with Crippen LogP contribution in [-0.4, -0.2) is 25.9 Å². The summed E-state index contributed by atoms with van der Waals surface area (Å²) in [5.41, 5.74) is 3.18. The number of thiazole rings is 1. The highest BCUT2D eigenvalue weighted by molar-refractivity contribution is 7.15. The van der Waals surface area contributed by atoms with Crippen LogP contribution < -0.4 is 5.32 Å². The molecule has 0 aliphatic carbocycles. The fraction of sp³-hybridized carbons (Fsp3) is 0.273. The van der Waals surface area contributed by atoms with E-state index in [4.69, 9.17) is 11.6 Å². The predicted molar refractivity (Wildman–Crippen MR) is 70.2 cm³/mol. The number of hydrogen-bond donors (Lipinski definition) is 2. The molecule has 0 bridgehead atoms. The summed E-state index contributed by atoms with van der Waals surface area (Å²) in [5.74, 6) is 0. The number of aromatic nitrogens is 4. The number of aromatic amines is 1. The Hall–Kier alpha value is -1.37. The molecule has 4 rings (SSSR count). The van der Waals surface area contributed by atoms with E-state index in [9.17, 15) is 0 Å². The highest BCUT2D eigenvalue weighted by atomic mass is 35.5. The molecular weight excluding hydrogens is 270 g/mol. The summed E-state index contributed by atoms with van der Waals surface area (Å²) in [6, 6.07) is 0.0112. The van der Waals surface area contributed by atoms with Gasteiger partial charge in [-0.1, -0.05) is 11.6 Å². The molecule has 0 fully saturated rings. The number of halogens is 1. The minimum atomic E-state index is 0.0112. The zero-order chi connectivity index (χ0) is 12.1. The van der Waals surface area contributed by atoms with Gasteiger partial charge in [-0.3, -0.25) is 4.40 Å². The fourth-order valence-corrected chi connectivity index (χ4v) is 3.53. The minimum absolute atomic E-state index is 0.0112. The highest BCUT2D eigenvalue weighted by Gasteiger charge is 2.29. The van der Waals surface area contributed by atoms with E-state index in [1.165, 1.54) is 5.69 Å². The number of nitrogens with one attached hydrogen (secondary N) is 2. The summed E-state index contributed by atoms with van der Waals surface area (Å²) in [6.07, 6.45) is 4.70. The monoisotopic (exact) mass is 279 g/mol. The van der Waals surface area contributed by atoms with E-state index in [0.29, 0.717) is 5.15 Å². The number of nitrogens with zero attached hydrogens (tertiary/aromatic N) is 3. The van der Waals surface area contributed by atoms with Crippen LogP contribution in [0.2, 0.25) is 5.15 Å². The second-order valence-electron chi connectivity index (χ2n) is 4.25. The van der Waals surface area contributed by atoms with E-state index in [2.05, 4.69) is 20.3 Å². The van der Waals surface area contributed by atoms with Crippen molar-refractivity contribution in [2.45, 2.75) is 12.5 Å². The largest absolute Gasteiger partial charge is 0.348 e. The summed E-state index contributed by atoms with van der Waals surface area (Å²) >= 11 is 7.85. The van der Waals surface area contributed by atoms with Crippen molar-refractivity contribution in [1.29, 1.82) is 0 Å². The number of imidazole rings is 2. The van der Waals surface area contributed by atoms with Crippen LogP contribution >= 0.6 is 22.9 Å². The molecule has 4 heterocycles. The Labute approximate surface area is 112 Å². The average Bonchev–Trinajstić information content (AvgIpc) is 3.02. The Morgan fingerprint density at radius 1 is 1.50 bits per heavy atom. The fourth-order valence-electron chi connectivity index (χ4n) is 2.48. The molecule has 18 heavy (non-hydrogen) atoms. The topological polar surface area (TPSA) is 58.0 Å². The molecule has 0 aromatic carbocycles. The van der Waals surface area contributed by atoms with Crippen molar-refractivity contribution in [1.82, 2.24) is 24.7 Å². The van der Waals surface area contributed by atoms with Crippen LogP contribution in [0.25, 0.3) is 4.96 Å². The standard InChI is InChI=1S/C11H10ClN5S/c12-10-9(17-3-4-18-11(17)16-10)8-7-6(1-2-13-8)14-5-15-7/h3-5,8,13H,1-2H2,(H,14,15)/t8-/m0/s1. The Balaban J connectivity index is 1.94. The molecule has 0 unspecified atom stereocenters. The van der Waals surface area contributed by atoms with Gasteiger partial charge >= 0.3 is 0 Å². The summed E-state index contributed by atoms with van der Waals surface area (Å²) in [7, 11) is 0. The van der Waals surface area contributed by atoms with E-state index >= 15 is 0 Å². The number of rotatable bonds is 1. The normalized spacial score (nSPS) is 19.3. The van der Waals surface area contributed by atoms with Crippen molar-refractivity contribution in [2.75, 3.05) is 6.54 Å². The molecule has 1 aliphatic heterocycles. The average molecular weight is 280 g/mol. The third-order valence-electron chi connectivity index (χ3n) is 3.28. The van der Waals surface area contributed by atoms with Crippen molar-refractivity contribution in [2.24, 2.45) is 0 Å². The van der Waals surface area contributed by atoms with Crippen molar-refractivity contribution in [3.05, 3.63) is 40.1 Å². The van der Waals surface area contributed by atoms with Crippen molar-refractivity contribution < 1.29 is 0 Å². The molecule has 0 amide bonds. The second kappa shape index (κ2) is 3.81. The lowest BCUT2D eigenvalue weighted by Gasteiger charge is -2.22. The van der Waals surface area contributed by atoms with Gasteiger partial charge < -0.3 is 10.3 Å². The van der Waals surface area contributed by atoms with Crippen molar-refractivity contribution >= 4 is 27.9 Å². The van der Waals surface area contributed by atoms with Crippen LogP contribution in [0.1, 0.15) is 23.1 Å². The SMILES string of the molecule is Clc1nc2sccn2c1[C@H]1NCCc2[nH]cnc21. The molecule has 0 radical (unpaired) electrons. The molecule has 7 heteroatoms. The van der Waals surface area contributed by atoms with Crippen LogP contribution in [0.5, 0.6) is 0 Å². The van der Waals surface area contributed by atoms with Crippen LogP contribution in [0.4, 0.5) is 0 Å². The second-order valence-corrected chi connectivity index (χ2v) is 5.48. The lowest BCUT2D eigenvalue weighted by molar-refractivity contribution is 0.541. The van der Waals surface area contributed by atoms with Gasteiger partial charge in [-0.05, 0) is 0 Å². The summed E-state index contributed by atoms with van der Waals surface area (Å²) in [4.78, 5) is 12.9. The zero-order valence-electron chi connectivity index (χ0n) is 9.35. The molecule has 2 N–H and O–H groups in total. The molecule has 1 atom stereocenters. The van der Waals surface area contributed by atoms with Crippen molar-refractivity contribution in [3.63, 3.8) is 0 Å². The van der Waals surface area contributed by atoms with Gasteiger partial charge in [0.2, 0.25) is 0 Å². The lowest BCUT2D eigenvalue weighted by Crippen LogP contribution is -2.31. The first-order valence-corrected chi connectivity index (χ1v) is 6.97. The van der Waals surface area contributed by atoms with Gasteiger partial charge in [-0.2, -0.15) is 0 Å². The van der Waals surface area contributed by atoms with E-state index in [0.717, 1.165) is 29.3 Å². The third kappa shape index (κ3) is 1.36. The van der Waals surface area contributed by atoms with Gasteiger partial charge in [0, 0.05) is 30.2 Å². The zero-order valence-corrected chi connectivity index (χ0v) is 10.9. The maximum atomic E-state index is 6.27. The molecule has 5 nitrogen and oxygen atoms in total. The Kier molecular flexibility index (Phi) is 2.23. The lowest BCUT2D eigenvalue weighted by atomic mass is 10.0. The Morgan fingerprint density at radius 2 is 2.44 bits per heavy atom. The first-order chi connectivity index (χ1) is 8.84. The maximum Gasteiger partial charge on any atom is 0.195 e. The van der Waals surface area contributed by atoms with E-state index in [-0.39, 0.29) is 6.04 Å². The smallest absolute Gasteiger partial charge is 0.195 e. The molecule has 3 aromatic rings. The molecule has 0 saturated heterocycles. The highest BCUT2D eigenvalue weighted by Crippen LogP contribution is 2.32. The molecule has 3 aromatic heterocycles. The summed E-state index contributed by atoms with van der Waals surface area (Å²) < 4.78 is 2.04. The number of fused-ring (bicyclic) bond motifs is 2. The molecule has 0 spiro atoms. The van der Waals surface area contributed by atoms with Gasteiger partial charge in [0.05, 0.1) is 23.8 Å². The predicted octanol–water partition coefficient (Wildman–Crippen LogP) is 2.01. The first-order valence-electron chi connectivity index (χ1n) is 5.71. The van der Waals surface area contributed by atoms with Crippen LogP contribution in [0, 0.1) is 0 Å². The van der Waals surface area contributed by atoms with Crippen molar-refractivity contribution in [3.8, 4) is 0 Å². The quantitative estimate of drug-likeness (QED) is 0.716.